The topological polar surface area (TPSA) is 46.5 Å². The van der Waals surface area contributed by atoms with Crippen LogP contribution in [-0.2, 0) is 9.53 Å². The van der Waals surface area contributed by atoms with Gasteiger partial charge < -0.3 is 9.84 Å². The van der Waals surface area contributed by atoms with Crippen molar-refractivity contribution in [3.8, 4) is 0 Å². The van der Waals surface area contributed by atoms with E-state index in [0.717, 1.165) is 5.56 Å². The van der Waals surface area contributed by atoms with Crippen LogP contribution >= 0.6 is 0 Å². The summed E-state index contributed by atoms with van der Waals surface area (Å²) in [6.45, 7) is 0.811. The second kappa shape index (κ2) is 4.55. The van der Waals surface area contributed by atoms with Crippen LogP contribution in [0.15, 0.2) is 30.3 Å². The summed E-state index contributed by atoms with van der Waals surface area (Å²) in [6, 6.07) is 9.24. The second-order valence-electron chi connectivity index (χ2n) is 3.75. The number of hydrogen-bond acceptors (Lipinski definition) is 3. The Balaban J connectivity index is 2.13. The Morgan fingerprint density at radius 3 is 2.73 bits per heavy atom. The van der Waals surface area contributed by atoms with Crippen molar-refractivity contribution < 1.29 is 14.6 Å². The van der Waals surface area contributed by atoms with Gasteiger partial charge in [0.05, 0.1) is 25.2 Å². The summed E-state index contributed by atoms with van der Waals surface area (Å²) < 4.78 is 5.21. The van der Waals surface area contributed by atoms with Crippen molar-refractivity contribution in [1.82, 2.24) is 0 Å². The maximum Gasteiger partial charge on any atom is 0.143 e. The Hall–Kier alpha value is -1.19. The van der Waals surface area contributed by atoms with Crippen molar-refractivity contribution in [2.24, 2.45) is 5.92 Å². The van der Waals surface area contributed by atoms with E-state index in [1.165, 1.54) is 0 Å². The number of rotatable bonds is 2. The molecule has 0 saturated carbocycles. The van der Waals surface area contributed by atoms with Gasteiger partial charge in [0.2, 0.25) is 0 Å². The molecule has 1 aromatic rings. The van der Waals surface area contributed by atoms with Gasteiger partial charge in [0.25, 0.3) is 0 Å². The van der Waals surface area contributed by atoms with Gasteiger partial charge in [-0.15, -0.1) is 0 Å². The molecule has 1 saturated heterocycles. The average Bonchev–Trinajstić information content (AvgIpc) is 2.30. The standard InChI is InChI=1S/C12H14O3/c13-11-6-7-15-8-10(11)12(14)9-4-2-1-3-5-9/h1-5,10,12,14H,6-8H2/t10-,12-/m0/s1. The number of Topliss-reactive ketones (excluding diaryl/α,β-unsaturated/α-hetero) is 1. The fourth-order valence-electron chi connectivity index (χ4n) is 1.81. The third kappa shape index (κ3) is 2.25. The molecule has 1 fully saturated rings. The van der Waals surface area contributed by atoms with E-state index in [-0.39, 0.29) is 5.78 Å². The fourth-order valence-corrected chi connectivity index (χ4v) is 1.81. The van der Waals surface area contributed by atoms with Crippen molar-refractivity contribution in [3.05, 3.63) is 35.9 Å². The van der Waals surface area contributed by atoms with E-state index in [4.69, 9.17) is 4.74 Å². The fraction of sp³-hybridized carbons (Fsp3) is 0.417. The van der Waals surface area contributed by atoms with Crippen LogP contribution < -0.4 is 0 Å². The summed E-state index contributed by atoms with van der Waals surface area (Å²) in [4.78, 5) is 11.6. The molecule has 3 nitrogen and oxygen atoms in total. The molecule has 0 radical (unpaired) electrons. The highest BCUT2D eigenvalue weighted by atomic mass is 16.5. The second-order valence-corrected chi connectivity index (χ2v) is 3.75. The maximum absolute atomic E-state index is 11.6. The largest absolute Gasteiger partial charge is 0.388 e. The Morgan fingerprint density at radius 2 is 2.07 bits per heavy atom. The average molecular weight is 206 g/mol. The van der Waals surface area contributed by atoms with Crippen LogP contribution in [0.5, 0.6) is 0 Å². The van der Waals surface area contributed by atoms with Gasteiger partial charge in [0.15, 0.2) is 0 Å². The predicted octanol–water partition coefficient (Wildman–Crippen LogP) is 1.33. The van der Waals surface area contributed by atoms with Gasteiger partial charge in [-0.05, 0) is 5.56 Å². The lowest BCUT2D eigenvalue weighted by Crippen LogP contribution is -2.32. The van der Waals surface area contributed by atoms with Crippen LogP contribution in [-0.4, -0.2) is 24.1 Å². The number of benzene rings is 1. The molecule has 1 aliphatic heterocycles. The molecule has 1 aliphatic rings. The van der Waals surface area contributed by atoms with E-state index in [9.17, 15) is 9.90 Å². The first-order valence-electron chi connectivity index (χ1n) is 5.12. The number of aliphatic hydroxyl groups is 1. The first kappa shape index (κ1) is 10.3. The Labute approximate surface area is 88.7 Å². The number of hydrogen-bond donors (Lipinski definition) is 1. The van der Waals surface area contributed by atoms with Crippen LogP contribution in [0.1, 0.15) is 18.1 Å². The van der Waals surface area contributed by atoms with Gasteiger partial charge in [-0.2, -0.15) is 0 Å². The summed E-state index contributed by atoms with van der Waals surface area (Å²) in [5.41, 5.74) is 0.779. The quantitative estimate of drug-likeness (QED) is 0.794. The number of ketones is 1. The van der Waals surface area contributed by atoms with Crippen molar-refractivity contribution in [3.63, 3.8) is 0 Å². The molecule has 1 N–H and O–H groups in total. The van der Waals surface area contributed by atoms with Gasteiger partial charge in [-0.25, -0.2) is 0 Å². The summed E-state index contributed by atoms with van der Waals surface area (Å²) >= 11 is 0. The molecule has 2 rings (SSSR count). The predicted molar refractivity (Wildman–Crippen MR) is 55.3 cm³/mol. The molecule has 0 amide bonds. The monoisotopic (exact) mass is 206 g/mol. The van der Waals surface area contributed by atoms with Gasteiger partial charge >= 0.3 is 0 Å². The maximum atomic E-state index is 11.6. The van der Waals surface area contributed by atoms with E-state index in [0.29, 0.717) is 19.6 Å². The molecule has 2 atom stereocenters. The third-order valence-corrected chi connectivity index (χ3v) is 2.73. The van der Waals surface area contributed by atoms with Gasteiger partial charge in [-0.3, -0.25) is 4.79 Å². The van der Waals surface area contributed by atoms with Gasteiger partial charge in [0, 0.05) is 6.42 Å². The smallest absolute Gasteiger partial charge is 0.143 e. The Morgan fingerprint density at radius 1 is 1.33 bits per heavy atom. The zero-order chi connectivity index (χ0) is 10.7. The lowest BCUT2D eigenvalue weighted by molar-refractivity contribution is -0.136. The molecule has 80 valence electrons. The highest BCUT2D eigenvalue weighted by molar-refractivity contribution is 5.82. The number of carbonyl (C=O) groups is 1. The molecule has 0 spiro atoms. The first-order chi connectivity index (χ1) is 7.29. The molecular weight excluding hydrogens is 192 g/mol. The summed E-state index contributed by atoms with van der Waals surface area (Å²) in [5, 5.41) is 10.0. The lowest BCUT2D eigenvalue weighted by atomic mass is 9.90. The highest BCUT2D eigenvalue weighted by Crippen LogP contribution is 2.26. The molecule has 15 heavy (non-hydrogen) atoms. The van der Waals surface area contributed by atoms with Crippen LogP contribution in [0.2, 0.25) is 0 Å². The summed E-state index contributed by atoms with van der Waals surface area (Å²) in [5.74, 6) is -0.307. The van der Waals surface area contributed by atoms with Crippen LogP contribution in [0.25, 0.3) is 0 Å². The molecule has 1 aromatic carbocycles. The van der Waals surface area contributed by atoms with Crippen molar-refractivity contribution in [2.75, 3.05) is 13.2 Å². The summed E-state index contributed by atoms with van der Waals surface area (Å²) in [7, 11) is 0. The van der Waals surface area contributed by atoms with E-state index < -0.39 is 12.0 Å². The third-order valence-electron chi connectivity index (χ3n) is 2.73. The minimum atomic E-state index is -0.737. The van der Waals surface area contributed by atoms with E-state index in [1.807, 2.05) is 30.3 Å². The van der Waals surface area contributed by atoms with E-state index in [2.05, 4.69) is 0 Å². The molecule has 1 heterocycles. The zero-order valence-electron chi connectivity index (χ0n) is 8.43. The van der Waals surface area contributed by atoms with E-state index >= 15 is 0 Å². The first-order valence-corrected chi connectivity index (χ1v) is 5.12. The molecular formula is C12H14O3. The Kier molecular flexibility index (Phi) is 3.14. The molecule has 3 heteroatoms. The minimum absolute atomic E-state index is 0.0950. The van der Waals surface area contributed by atoms with Crippen LogP contribution in [0.3, 0.4) is 0 Å². The molecule has 0 bridgehead atoms. The Bertz CT molecular complexity index is 334. The van der Waals surface area contributed by atoms with E-state index in [1.54, 1.807) is 0 Å². The van der Waals surface area contributed by atoms with Crippen LogP contribution in [0, 0.1) is 5.92 Å². The number of aliphatic hydroxyl groups excluding tert-OH is 1. The van der Waals surface area contributed by atoms with Crippen molar-refractivity contribution >= 4 is 5.78 Å². The van der Waals surface area contributed by atoms with Gasteiger partial charge in [-0.1, -0.05) is 30.3 Å². The summed E-state index contributed by atoms with van der Waals surface area (Å²) in [6.07, 6.45) is -0.326. The van der Waals surface area contributed by atoms with Crippen molar-refractivity contribution in [1.29, 1.82) is 0 Å². The molecule has 0 aliphatic carbocycles. The zero-order valence-corrected chi connectivity index (χ0v) is 8.43. The van der Waals surface area contributed by atoms with Crippen LogP contribution in [0.4, 0.5) is 0 Å². The minimum Gasteiger partial charge on any atom is -0.388 e. The lowest BCUT2D eigenvalue weighted by Gasteiger charge is -2.25. The SMILES string of the molecule is O=C1CCOC[C@@H]1[C@@H](O)c1ccccc1. The number of ether oxygens (including phenoxy) is 1. The van der Waals surface area contributed by atoms with Crippen molar-refractivity contribution in [2.45, 2.75) is 12.5 Å². The molecule has 0 unspecified atom stereocenters. The normalized spacial score (nSPS) is 23.8. The number of carbonyl (C=O) groups excluding carboxylic acids is 1. The molecule has 0 aromatic heterocycles. The van der Waals surface area contributed by atoms with Gasteiger partial charge in [0.1, 0.15) is 5.78 Å². The highest BCUT2D eigenvalue weighted by Gasteiger charge is 2.30.